The summed E-state index contributed by atoms with van der Waals surface area (Å²) in [7, 11) is 0. The van der Waals surface area contributed by atoms with Crippen LogP contribution in [0.15, 0.2) is 29.1 Å². The van der Waals surface area contributed by atoms with Gasteiger partial charge in [0.1, 0.15) is 18.6 Å². The molecule has 2 aromatic rings. The lowest BCUT2D eigenvalue weighted by Gasteiger charge is -2.08. The molecule has 1 heterocycles. The van der Waals surface area contributed by atoms with Crippen LogP contribution in [0, 0.1) is 21.7 Å². The number of anilines is 1. The Kier molecular flexibility index (Phi) is 4.26. The number of nitrogens with one attached hydrogen (secondary N) is 1. The molecule has 10 heteroatoms. The average molecular weight is 361 g/mol. The first-order valence-corrected chi connectivity index (χ1v) is 6.26. The van der Waals surface area contributed by atoms with E-state index < -0.39 is 28.3 Å². The molecule has 1 N–H and O–H groups in total. The quantitative estimate of drug-likeness (QED) is 0.669. The maximum Gasteiger partial charge on any atom is 0.381 e. The van der Waals surface area contributed by atoms with Crippen LogP contribution in [0.2, 0.25) is 0 Å². The van der Waals surface area contributed by atoms with E-state index in [1.165, 1.54) is 4.57 Å². The molecule has 1 aromatic carbocycles. The Labute approximate surface area is 124 Å². The fourth-order valence-electron chi connectivity index (χ4n) is 1.54. The van der Waals surface area contributed by atoms with Crippen molar-refractivity contribution in [3.05, 3.63) is 50.9 Å². The minimum atomic E-state index is -0.938. The highest BCUT2D eigenvalue weighted by molar-refractivity contribution is 9.10. The summed E-state index contributed by atoms with van der Waals surface area (Å²) in [5, 5.41) is 12.7. The van der Waals surface area contributed by atoms with Crippen LogP contribution in [0.25, 0.3) is 0 Å². The van der Waals surface area contributed by atoms with E-state index >= 15 is 0 Å². The number of carbonyl (C=O) groups excluding carboxylic acids is 1. The zero-order valence-corrected chi connectivity index (χ0v) is 11.8. The molecule has 0 fully saturated rings. The second-order valence-corrected chi connectivity index (χ2v) is 4.81. The largest absolute Gasteiger partial charge is 0.381 e. The molecule has 1 aromatic heterocycles. The Bertz CT molecular complexity index is 696. The summed E-state index contributed by atoms with van der Waals surface area (Å²) in [4.78, 5) is 25.0. The van der Waals surface area contributed by atoms with Crippen molar-refractivity contribution in [1.29, 1.82) is 0 Å². The van der Waals surface area contributed by atoms with E-state index in [1.54, 1.807) is 0 Å². The lowest BCUT2D eigenvalue weighted by molar-refractivity contribution is -0.389. The Balaban J connectivity index is 2.10. The van der Waals surface area contributed by atoms with Gasteiger partial charge in [-0.15, -0.1) is 0 Å². The molecule has 0 saturated heterocycles. The maximum atomic E-state index is 13.5. The number of imidazole rings is 1. The number of hydrogen-bond acceptors (Lipinski definition) is 4. The van der Waals surface area contributed by atoms with E-state index in [2.05, 4.69) is 26.2 Å². The van der Waals surface area contributed by atoms with Crippen molar-refractivity contribution in [2.24, 2.45) is 0 Å². The third kappa shape index (κ3) is 3.60. The number of carbonyl (C=O) groups is 1. The highest BCUT2D eigenvalue weighted by Crippen LogP contribution is 2.26. The molecule has 7 nitrogen and oxygen atoms in total. The molecule has 0 bridgehead atoms. The minimum absolute atomic E-state index is 0.0463. The molecular formula is C11H7BrF2N4O3. The lowest BCUT2D eigenvalue weighted by Crippen LogP contribution is -2.19. The van der Waals surface area contributed by atoms with Crippen molar-refractivity contribution in [2.45, 2.75) is 6.54 Å². The Morgan fingerprint density at radius 1 is 1.48 bits per heavy atom. The molecule has 0 unspecified atom stereocenters. The average Bonchev–Trinajstić information content (AvgIpc) is 2.82. The van der Waals surface area contributed by atoms with Gasteiger partial charge in [-0.3, -0.25) is 4.79 Å². The van der Waals surface area contributed by atoms with Gasteiger partial charge < -0.3 is 20.0 Å². The molecule has 0 aliphatic carbocycles. The summed E-state index contributed by atoms with van der Waals surface area (Å²) in [5.41, 5.74) is -0.212. The van der Waals surface area contributed by atoms with Crippen LogP contribution in [0.5, 0.6) is 0 Å². The molecular weight excluding hydrogens is 354 g/mol. The molecule has 1 amide bonds. The number of benzene rings is 1. The van der Waals surface area contributed by atoms with Gasteiger partial charge in [0, 0.05) is 10.5 Å². The van der Waals surface area contributed by atoms with Crippen LogP contribution in [-0.4, -0.2) is 20.4 Å². The predicted molar refractivity (Wildman–Crippen MR) is 71.6 cm³/mol. The van der Waals surface area contributed by atoms with Gasteiger partial charge in [-0.1, -0.05) is 0 Å². The summed E-state index contributed by atoms with van der Waals surface area (Å²) in [6, 6.07) is 1.63. The van der Waals surface area contributed by atoms with Crippen LogP contribution >= 0.6 is 15.9 Å². The smallest absolute Gasteiger partial charge is 0.358 e. The van der Waals surface area contributed by atoms with E-state index in [4.69, 9.17) is 0 Å². The standard InChI is InChI=1S/C11H7BrF2N4O3/c12-7-1-6(13)2-8(14)11(7)16-10(19)4-17-3-9(15-5-17)18(20)21/h1-3,5H,4H2,(H,16,19). The summed E-state index contributed by atoms with van der Waals surface area (Å²) >= 11 is 2.93. The van der Waals surface area contributed by atoms with Gasteiger partial charge in [0.2, 0.25) is 12.2 Å². The Morgan fingerprint density at radius 3 is 2.76 bits per heavy atom. The Morgan fingerprint density at radius 2 is 2.19 bits per heavy atom. The van der Waals surface area contributed by atoms with E-state index in [-0.39, 0.29) is 16.7 Å². The summed E-state index contributed by atoms with van der Waals surface area (Å²) in [6.07, 6.45) is 2.17. The van der Waals surface area contributed by atoms with Crippen LogP contribution in [0.3, 0.4) is 0 Å². The molecule has 2 rings (SSSR count). The van der Waals surface area contributed by atoms with E-state index in [1.807, 2.05) is 0 Å². The molecule has 21 heavy (non-hydrogen) atoms. The van der Waals surface area contributed by atoms with Gasteiger partial charge in [0.05, 0.1) is 5.69 Å². The first kappa shape index (κ1) is 15.0. The van der Waals surface area contributed by atoms with Crippen molar-refractivity contribution in [2.75, 3.05) is 5.32 Å². The zero-order valence-electron chi connectivity index (χ0n) is 10.2. The second kappa shape index (κ2) is 5.95. The van der Waals surface area contributed by atoms with Crippen molar-refractivity contribution in [3.8, 4) is 0 Å². The van der Waals surface area contributed by atoms with Gasteiger partial charge in [0.15, 0.2) is 5.82 Å². The van der Waals surface area contributed by atoms with E-state index in [9.17, 15) is 23.7 Å². The number of halogens is 3. The number of rotatable bonds is 4. The van der Waals surface area contributed by atoms with E-state index in [0.717, 1.165) is 18.6 Å². The second-order valence-electron chi connectivity index (χ2n) is 3.95. The molecule has 0 saturated carbocycles. The molecule has 0 radical (unpaired) electrons. The van der Waals surface area contributed by atoms with Gasteiger partial charge in [0.25, 0.3) is 0 Å². The first-order chi connectivity index (χ1) is 9.86. The topological polar surface area (TPSA) is 90.1 Å². The van der Waals surface area contributed by atoms with Gasteiger partial charge in [-0.25, -0.2) is 8.78 Å². The SMILES string of the molecule is O=C(Cn1cnc([N+](=O)[O-])c1)Nc1c(F)cc(F)cc1Br. The third-order valence-corrected chi connectivity index (χ3v) is 3.03. The number of amides is 1. The molecule has 0 aliphatic heterocycles. The van der Waals surface area contributed by atoms with Gasteiger partial charge >= 0.3 is 5.82 Å². The number of hydrogen-bond donors (Lipinski definition) is 1. The summed E-state index contributed by atoms with van der Waals surface area (Å²) in [6.45, 7) is -0.301. The van der Waals surface area contributed by atoms with Gasteiger partial charge in [-0.05, 0) is 31.9 Å². The normalized spacial score (nSPS) is 10.4. The molecule has 0 atom stereocenters. The fourth-order valence-corrected chi connectivity index (χ4v) is 2.04. The highest BCUT2D eigenvalue weighted by atomic mass is 79.9. The Hall–Kier alpha value is -2.36. The summed E-state index contributed by atoms with van der Waals surface area (Å²) in [5.74, 6) is -2.78. The fraction of sp³-hybridized carbons (Fsp3) is 0.0909. The molecule has 0 aliphatic rings. The van der Waals surface area contributed by atoms with Crippen LogP contribution in [0.1, 0.15) is 0 Å². The molecule has 0 spiro atoms. The number of aromatic nitrogens is 2. The molecule has 110 valence electrons. The number of nitrogens with zero attached hydrogens (tertiary/aromatic N) is 3. The third-order valence-electron chi connectivity index (χ3n) is 2.40. The van der Waals surface area contributed by atoms with Crippen molar-refractivity contribution in [1.82, 2.24) is 9.55 Å². The van der Waals surface area contributed by atoms with Crippen LogP contribution in [-0.2, 0) is 11.3 Å². The predicted octanol–water partition coefficient (Wildman–Crippen LogP) is 2.47. The van der Waals surface area contributed by atoms with Crippen molar-refractivity contribution < 1.29 is 18.5 Å². The maximum absolute atomic E-state index is 13.5. The zero-order chi connectivity index (χ0) is 15.6. The van der Waals surface area contributed by atoms with E-state index in [0.29, 0.717) is 6.07 Å². The number of nitro groups is 1. The van der Waals surface area contributed by atoms with Crippen molar-refractivity contribution in [3.63, 3.8) is 0 Å². The lowest BCUT2D eigenvalue weighted by atomic mass is 10.3. The van der Waals surface area contributed by atoms with Gasteiger partial charge in [-0.2, -0.15) is 0 Å². The van der Waals surface area contributed by atoms with Crippen molar-refractivity contribution >= 4 is 33.3 Å². The highest BCUT2D eigenvalue weighted by Gasteiger charge is 2.15. The minimum Gasteiger partial charge on any atom is -0.358 e. The summed E-state index contributed by atoms with van der Waals surface area (Å²) < 4.78 is 27.7. The monoisotopic (exact) mass is 360 g/mol. The van der Waals surface area contributed by atoms with Crippen LogP contribution in [0.4, 0.5) is 20.3 Å². The van der Waals surface area contributed by atoms with Crippen LogP contribution < -0.4 is 5.32 Å². The first-order valence-electron chi connectivity index (χ1n) is 5.47.